The van der Waals surface area contributed by atoms with Crippen LogP contribution in [0.15, 0.2) is 83.9 Å². The van der Waals surface area contributed by atoms with E-state index < -0.39 is 12.0 Å². The van der Waals surface area contributed by atoms with Gasteiger partial charge in [-0.15, -0.1) is 0 Å². The van der Waals surface area contributed by atoms with Crippen LogP contribution in [-0.2, 0) is 9.53 Å². The van der Waals surface area contributed by atoms with Crippen molar-refractivity contribution in [1.29, 1.82) is 0 Å². The van der Waals surface area contributed by atoms with Crippen molar-refractivity contribution in [2.75, 3.05) is 12.4 Å². The van der Waals surface area contributed by atoms with E-state index in [1.54, 1.807) is 60.7 Å². The van der Waals surface area contributed by atoms with Gasteiger partial charge in [-0.3, -0.25) is 20.2 Å². The molecule has 3 aromatic rings. The van der Waals surface area contributed by atoms with E-state index in [4.69, 9.17) is 4.74 Å². The molecule has 0 saturated heterocycles. The summed E-state index contributed by atoms with van der Waals surface area (Å²) in [6.45, 7) is 1.35. The number of carbonyl (C=O) groups excluding carboxylic acids is 3. The quantitative estimate of drug-likeness (QED) is 0.401. The van der Waals surface area contributed by atoms with Gasteiger partial charge in [0, 0.05) is 18.6 Å². The molecule has 0 atom stereocenters. The van der Waals surface area contributed by atoms with Crippen molar-refractivity contribution in [2.45, 2.75) is 6.92 Å². The standard InChI is InChI=1S/C24H22N4O5/c1-16(29)25-20-14-13-19(33-18-11-7-4-8-12-18)15-21(20)26-23(28-24(31)32-2)27-22(30)17-9-5-3-6-10-17/h3-15H,1-2H3,(H,25,29)(H2,26,27,28,30,31). The number of amides is 3. The molecule has 33 heavy (non-hydrogen) atoms. The first-order valence-electron chi connectivity index (χ1n) is 9.89. The molecule has 3 N–H and O–H groups in total. The molecule has 3 rings (SSSR count). The van der Waals surface area contributed by atoms with Crippen molar-refractivity contribution in [3.63, 3.8) is 0 Å². The van der Waals surface area contributed by atoms with E-state index in [1.807, 2.05) is 18.2 Å². The van der Waals surface area contributed by atoms with Crippen molar-refractivity contribution >= 4 is 35.2 Å². The Hall–Kier alpha value is -4.66. The van der Waals surface area contributed by atoms with Crippen molar-refractivity contribution < 1.29 is 23.9 Å². The molecule has 3 amide bonds. The lowest BCUT2D eigenvalue weighted by Crippen LogP contribution is -2.43. The molecule has 0 spiro atoms. The van der Waals surface area contributed by atoms with Gasteiger partial charge in [-0.25, -0.2) is 9.79 Å². The number of benzene rings is 3. The number of ether oxygens (including phenoxy) is 2. The zero-order chi connectivity index (χ0) is 23.6. The minimum absolute atomic E-state index is 0.195. The largest absolute Gasteiger partial charge is 0.457 e. The molecule has 0 aromatic heterocycles. The second-order valence-electron chi connectivity index (χ2n) is 6.67. The van der Waals surface area contributed by atoms with E-state index in [0.717, 1.165) is 0 Å². The van der Waals surface area contributed by atoms with Crippen molar-refractivity contribution in [1.82, 2.24) is 10.6 Å². The number of rotatable bonds is 5. The summed E-state index contributed by atoms with van der Waals surface area (Å²) in [6.07, 6.45) is -0.833. The first-order chi connectivity index (χ1) is 15.9. The normalized spacial score (nSPS) is 10.7. The zero-order valence-electron chi connectivity index (χ0n) is 18.0. The fraction of sp³-hybridized carbons (Fsp3) is 0.0833. The van der Waals surface area contributed by atoms with E-state index in [0.29, 0.717) is 22.7 Å². The highest BCUT2D eigenvalue weighted by atomic mass is 16.5. The van der Waals surface area contributed by atoms with Crippen LogP contribution in [-0.4, -0.2) is 31.0 Å². The number of nitrogens with one attached hydrogen (secondary N) is 3. The molecule has 3 aromatic carbocycles. The van der Waals surface area contributed by atoms with Crippen molar-refractivity contribution in [3.8, 4) is 11.5 Å². The van der Waals surface area contributed by atoms with Gasteiger partial charge < -0.3 is 14.8 Å². The third-order valence-electron chi connectivity index (χ3n) is 4.16. The molecule has 9 nitrogen and oxygen atoms in total. The second-order valence-corrected chi connectivity index (χ2v) is 6.67. The Morgan fingerprint density at radius 2 is 1.48 bits per heavy atom. The van der Waals surface area contributed by atoms with Crippen LogP contribution >= 0.6 is 0 Å². The lowest BCUT2D eigenvalue weighted by Gasteiger charge is -2.13. The van der Waals surface area contributed by atoms with Gasteiger partial charge in [0.1, 0.15) is 11.5 Å². The van der Waals surface area contributed by atoms with Crippen LogP contribution in [0.1, 0.15) is 17.3 Å². The highest BCUT2D eigenvalue weighted by Crippen LogP contribution is 2.32. The highest BCUT2D eigenvalue weighted by molar-refractivity contribution is 6.10. The lowest BCUT2D eigenvalue weighted by molar-refractivity contribution is -0.114. The van der Waals surface area contributed by atoms with Gasteiger partial charge in [0.2, 0.25) is 11.9 Å². The molecule has 0 radical (unpaired) electrons. The number of carbonyl (C=O) groups is 3. The van der Waals surface area contributed by atoms with Gasteiger partial charge in [-0.05, 0) is 36.4 Å². The monoisotopic (exact) mass is 446 g/mol. The molecular formula is C24H22N4O5. The Bertz CT molecular complexity index is 1160. The number of methoxy groups -OCH3 is 1. The van der Waals surface area contributed by atoms with Crippen molar-refractivity contribution in [2.24, 2.45) is 4.99 Å². The van der Waals surface area contributed by atoms with Gasteiger partial charge in [0.05, 0.1) is 18.5 Å². The molecule has 0 bridgehead atoms. The van der Waals surface area contributed by atoms with Gasteiger partial charge in [0.15, 0.2) is 0 Å². The Kier molecular flexibility index (Phi) is 7.74. The summed E-state index contributed by atoms with van der Waals surface area (Å²) in [5.74, 6) is 0.0208. The van der Waals surface area contributed by atoms with E-state index >= 15 is 0 Å². The summed E-state index contributed by atoms with van der Waals surface area (Å²) < 4.78 is 10.5. The van der Waals surface area contributed by atoms with Crippen LogP contribution in [0.25, 0.3) is 0 Å². The molecule has 0 saturated carbocycles. The third kappa shape index (κ3) is 6.93. The van der Waals surface area contributed by atoms with Crippen LogP contribution in [0.3, 0.4) is 0 Å². The van der Waals surface area contributed by atoms with Crippen molar-refractivity contribution in [3.05, 3.63) is 84.4 Å². The molecule has 9 heteroatoms. The van der Waals surface area contributed by atoms with Crippen LogP contribution in [0.4, 0.5) is 16.2 Å². The third-order valence-corrected chi connectivity index (χ3v) is 4.16. The number of nitrogens with zero attached hydrogens (tertiary/aromatic N) is 1. The first-order valence-corrected chi connectivity index (χ1v) is 9.89. The van der Waals surface area contributed by atoms with Gasteiger partial charge in [-0.2, -0.15) is 0 Å². The van der Waals surface area contributed by atoms with Gasteiger partial charge >= 0.3 is 6.09 Å². The van der Waals surface area contributed by atoms with E-state index in [1.165, 1.54) is 14.0 Å². The number of anilines is 1. The number of hydrogen-bond acceptors (Lipinski definition) is 6. The van der Waals surface area contributed by atoms with E-state index in [-0.39, 0.29) is 17.6 Å². The molecule has 0 unspecified atom stereocenters. The van der Waals surface area contributed by atoms with E-state index in [2.05, 4.69) is 25.7 Å². The summed E-state index contributed by atoms with van der Waals surface area (Å²) in [5, 5.41) is 7.58. The maximum Gasteiger partial charge on any atom is 0.413 e. The van der Waals surface area contributed by atoms with Gasteiger partial charge in [0.25, 0.3) is 5.91 Å². The number of hydrogen-bond donors (Lipinski definition) is 3. The fourth-order valence-electron chi connectivity index (χ4n) is 2.71. The minimum Gasteiger partial charge on any atom is -0.457 e. The molecule has 0 aliphatic carbocycles. The smallest absolute Gasteiger partial charge is 0.413 e. The predicted octanol–water partition coefficient (Wildman–Crippen LogP) is 4.21. The lowest BCUT2D eigenvalue weighted by atomic mass is 10.2. The first kappa shape index (κ1) is 23.0. The second kappa shape index (κ2) is 11.1. The van der Waals surface area contributed by atoms with Crippen LogP contribution in [0, 0.1) is 0 Å². The summed E-state index contributed by atoms with van der Waals surface area (Å²) in [4.78, 5) is 40.5. The maximum atomic E-state index is 12.6. The summed E-state index contributed by atoms with van der Waals surface area (Å²) >= 11 is 0. The average Bonchev–Trinajstić information content (AvgIpc) is 2.81. The summed E-state index contributed by atoms with van der Waals surface area (Å²) in [7, 11) is 1.18. The topological polar surface area (TPSA) is 118 Å². The molecule has 0 fully saturated rings. The summed E-state index contributed by atoms with van der Waals surface area (Å²) in [5.41, 5.74) is 0.944. The minimum atomic E-state index is -0.833. The zero-order valence-corrected chi connectivity index (χ0v) is 18.0. The SMILES string of the molecule is COC(=O)NC(=Nc1cc(Oc2ccccc2)ccc1NC(C)=O)NC(=O)c1ccccc1. The number of alkyl carbamates (subject to hydrolysis) is 1. The maximum absolute atomic E-state index is 12.6. The molecule has 0 aliphatic rings. The average molecular weight is 446 g/mol. The molecule has 168 valence electrons. The van der Waals surface area contributed by atoms with Crippen LogP contribution in [0.5, 0.6) is 11.5 Å². The van der Waals surface area contributed by atoms with Crippen LogP contribution in [0.2, 0.25) is 0 Å². The molecule has 0 heterocycles. The number of aliphatic imine (C=N–C) groups is 1. The van der Waals surface area contributed by atoms with Gasteiger partial charge in [-0.1, -0.05) is 36.4 Å². The Morgan fingerprint density at radius 3 is 2.12 bits per heavy atom. The Balaban J connectivity index is 1.97. The predicted molar refractivity (Wildman–Crippen MR) is 124 cm³/mol. The summed E-state index contributed by atoms with van der Waals surface area (Å²) in [6, 6.07) is 22.3. The Morgan fingerprint density at radius 1 is 0.818 bits per heavy atom. The number of para-hydroxylation sites is 1. The Labute approximate surface area is 190 Å². The molecular weight excluding hydrogens is 424 g/mol. The fourth-order valence-corrected chi connectivity index (χ4v) is 2.71. The van der Waals surface area contributed by atoms with E-state index in [9.17, 15) is 14.4 Å². The molecule has 0 aliphatic heterocycles. The number of guanidine groups is 1. The van der Waals surface area contributed by atoms with Crippen LogP contribution < -0.4 is 20.7 Å². The highest BCUT2D eigenvalue weighted by Gasteiger charge is 2.14.